The average Bonchev–Trinajstić information content (AvgIpc) is 3.72. The molecule has 7 rings (SSSR count). The number of H-pyrrole nitrogens is 1. The Morgan fingerprint density at radius 3 is 2.58 bits per heavy atom. The molecule has 11 heteroatoms. The van der Waals surface area contributed by atoms with Gasteiger partial charge < -0.3 is 19.2 Å². The van der Waals surface area contributed by atoms with Crippen LogP contribution in [0, 0.1) is 0 Å². The third-order valence-electron chi connectivity index (χ3n) is 8.67. The van der Waals surface area contributed by atoms with E-state index in [1.54, 1.807) is 0 Å². The molecule has 1 N–H and O–H groups in total. The number of nitrogens with one attached hydrogen (secondary N) is 1. The highest BCUT2D eigenvalue weighted by Crippen LogP contribution is 2.36. The molecule has 0 bridgehead atoms. The number of tetrazole rings is 1. The lowest BCUT2D eigenvalue weighted by atomic mass is 9.93. The van der Waals surface area contributed by atoms with E-state index in [-0.39, 0.29) is 24.5 Å². The van der Waals surface area contributed by atoms with Crippen LogP contribution in [0.2, 0.25) is 0 Å². The average molecular weight is 522 g/mol. The lowest BCUT2D eigenvalue weighted by Crippen LogP contribution is -2.52. The third kappa shape index (κ3) is 4.56. The predicted octanol–water partition coefficient (Wildman–Crippen LogP) is 2.46. The highest BCUT2D eigenvalue weighted by atomic mass is 16.7. The summed E-state index contributed by atoms with van der Waals surface area (Å²) in [4.78, 5) is 21.7. The minimum atomic E-state index is -0.363. The van der Waals surface area contributed by atoms with Crippen LogP contribution in [0.3, 0.4) is 0 Å². The Labute approximate surface area is 221 Å². The van der Waals surface area contributed by atoms with Crippen LogP contribution in [0.15, 0.2) is 23.0 Å². The van der Waals surface area contributed by atoms with E-state index >= 15 is 0 Å². The quantitative estimate of drug-likeness (QED) is 0.523. The van der Waals surface area contributed by atoms with Crippen LogP contribution in [0.5, 0.6) is 11.5 Å². The molecule has 2 aromatic heterocycles. The van der Waals surface area contributed by atoms with Crippen molar-refractivity contribution in [3.8, 4) is 11.5 Å². The van der Waals surface area contributed by atoms with E-state index in [0.29, 0.717) is 35.5 Å². The van der Waals surface area contributed by atoms with E-state index in [1.165, 1.54) is 32.1 Å². The predicted molar refractivity (Wildman–Crippen MR) is 139 cm³/mol. The van der Waals surface area contributed by atoms with E-state index < -0.39 is 0 Å². The van der Waals surface area contributed by atoms with E-state index in [2.05, 4.69) is 30.3 Å². The number of piperazine rings is 1. The maximum Gasteiger partial charge on any atom is 0.253 e. The number of hydrogen-bond donors (Lipinski definition) is 1. The number of pyridine rings is 1. The van der Waals surface area contributed by atoms with Crippen molar-refractivity contribution in [1.82, 2.24) is 35.0 Å². The number of aromatic nitrogens is 5. The number of rotatable bonds is 6. The molecular weight excluding hydrogens is 486 g/mol. The van der Waals surface area contributed by atoms with Gasteiger partial charge in [0.05, 0.1) is 18.2 Å². The summed E-state index contributed by atoms with van der Waals surface area (Å²) in [5.74, 6) is 2.03. The summed E-state index contributed by atoms with van der Waals surface area (Å²) in [6, 6.07) is 6.06. The van der Waals surface area contributed by atoms with Gasteiger partial charge in [0, 0.05) is 55.8 Å². The second-order valence-corrected chi connectivity index (χ2v) is 11.0. The smallest absolute Gasteiger partial charge is 0.253 e. The Hall–Kier alpha value is -3.02. The van der Waals surface area contributed by atoms with Crippen molar-refractivity contribution in [3.63, 3.8) is 0 Å². The third-order valence-corrected chi connectivity index (χ3v) is 8.67. The second-order valence-electron chi connectivity index (χ2n) is 11.0. The van der Waals surface area contributed by atoms with E-state index in [0.717, 1.165) is 56.5 Å². The van der Waals surface area contributed by atoms with Crippen molar-refractivity contribution >= 4 is 10.9 Å². The summed E-state index contributed by atoms with van der Waals surface area (Å²) >= 11 is 0. The van der Waals surface area contributed by atoms with Gasteiger partial charge in [-0.3, -0.25) is 14.6 Å². The first kappa shape index (κ1) is 24.1. The molecule has 4 aliphatic rings. The van der Waals surface area contributed by atoms with E-state index in [9.17, 15) is 4.79 Å². The van der Waals surface area contributed by atoms with Crippen LogP contribution < -0.4 is 15.0 Å². The number of nitrogens with zero attached hydrogens (tertiary/aromatic N) is 6. The summed E-state index contributed by atoms with van der Waals surface area (Å²) < 4.78 is 18.9. The Bertz CT molecular complexity index is 1340. The normalized spacial score (nSPS) is 23.8. The molecule has 3 fully saturated rings. The maximum absolute atomic E-state index is 13.6. The molecule has 1 saturated carbocycles. The van der Waals surface area contributed by atoms with Gasteiger partial charge in [-0.2, -0.15) is 0 Å². The topological polar surface area (TPSA) is 111 Å². The van der Waals surface area contributed by atoms with Crippen molar-refractivity contribution in [2.75, 3.05) is 39.6 Å². The molecule has 5 heterocycles. The number of benzene rings is 1. The SMILES string of the molecule is O=c1[nH]c2cc3c(cc2cc1[C@H](c1nnnn1C[C@H]1CCCO1)N1CCN(C2CCCCC2)CC1)OCO3. The Kier molecular flexibility index (Phi) is 6.50. The summed E-state index contributed by atoms with van der Waals surface area (Å²) in [7, 11) is 0. The largest absolute Gasteiger partial charge is 0.454 e. The Balaban J connectivity index is 1.24. The van der Waals surface area contributed by atoms with Crippen molar-refractivity contribution in [2.45, 2.75) is 69.7 Å². The van der Waals surface area contributed by atoms with Gasteiger partial charge >= 0.3 is 0 Å². The molecule has 1 aromatic carbocycles. The highest BCUT2D eigenvalue weighted by molar-refractivity contribution is 5.83. The molecule has 202 valence electrons. The van der Waals surface area contributed by atoms with Gasteiger partial charge in [-0.15, -0.1) is 5.10 Å². The maximum atomic E-state index is 13.6. The van der Waals surface area contributed by atoms with Crippen LogP contribution in [0.4, 0.5) is 0 Å². The van der Waals surface area contributed by atoms with Crippen molar-refractivity contribution in [2.24, 2.45) is 0 Å². The molecule has 2 saturated heterocycles. The summed E-state index contributed by atoms with van der Waals surface area (Å²) in [6.45, 7) is 5.23. The first-order valence-electron chi connectivity index (χ1n) is 14.1. The zero-order valence-electron chi connectivity index (χ0n) is 21.7. The van der Waals surface area contributed by atoms with E-state index in [4.69, 9.17) is 14.2 Å². The van der Waals surface area contributed by atoms with Gasteiger partial charge in [0.1, 0.15) is 6.04 Å². The number of ether oxygens (including phenoxy) is 3. The fourth-order valence-electron chi connectivity index (χ4n) is 6.64. The van der Waals surface area contributed by atoms with Crippen LogP contribution in [-0.4, -0.2) is 86.7 Å². The first-order valence-corrected chi connectivity index (χ1v) is 14.1. The zero-order valence-corrected chi connectivity index (χ0v) is 21.7. The molecule has 0 amide bonds. The van der Waals surface area contributed by atoms with Crippen molar-refractivity contribution in [1.29, 1.82) is 0 Å². The minimum absolute atomic E-state index is 0.0932. The van der Waals surface area contributed by atoms with Crippen molar-refractivity contribution in [3.05, 3.63) is 39.9 Å². The Morgan fingerprint density at radius 1 is 0.974 bits per heavy atom. The minimum Gasteiger partial charge on any atom is -0.454 e. The van der Waals surface area contributed by atoms with Gasteiger partial charge in [-0.05, 0) is 48.2 Å². The van der Waals surface area contributed by atoms with Crippen molar-refractivity contribution < 1.29 is 14.2 Å². The van der Waals surface area contributed by atoms with Crippen LogP contribution >= 0.6 is 0 Å². The fraction of sp³-hybridized carbons (Fsp3) is 0.630. The summed E-state index contributed by atoms with van der Waals surface area (Å²) in [5.41, 5.74) is 1.23. The first-order chi connectivity index (χ1) is 18.7. The number of fused-ring (bicyclic) bond motifs is 2. The molecule has 0 radical (unpaired) electrons. The van der Waals surface area contributed by atoms with Crippen LogP contribution in [0.1, 0.15) is 62.4 Å². The molecule has 3 aromatic rings. The van der Waals surface area contributed by atoms with Gasteiger partial charge in [0.15, 0.2) is 17.3 Å². The van der Waals surface area contributed by atoms with Gasteiger partial charge in [0.2, 0.25) is 6.79 Å². The molecule has 3 aliphatic heterocycles. The van der Waals surface area contributed by atoms with Gasteiger partial charge in [-0.1, -0.05) is 19.3 Å². The van der Waals surface area contributed by atoms with E-state index in [1.807, 2.05) is 22.9 Å². The molecule has 2 atom stereocenters. The molecule has 0 unspecified atom stereocenters. The molecule has 1 aliphatic carbocycles. The lowest BCUT2D eigenvalue weighted by Gasteiger charge is -2.43. The molecule has 11 nitrogen and oxygen atoms in total. The van der Waals surface area contributed by atoms with Gasteiger partial charge in [0.25, 0.3) is 5.56 Å². The standard InChI is InChI=1S/C27H35N7O4/c35-27-21(13-18-14-23-24(38-17-37-23)15-22(18)28-27)25(26-29-30-31-34(26)16-20-7-4-12-36-20)33-10-8-32(9-11-33)19-5-2-1-3-6-19/h13-15,19-20,25H,1-12,16-17H2,(H,28,35)/t20-,25-/m1/s1. The van der Waals surface area contributed by atoms with Gasteiger partial charge in [-0.25, -0.2) is 4.68 Å². The molecule has 0 spiro atoms. The zero-order chi connectivity index (χ0) is 25.5. The van der Waals surface area contributed by atoms with Crippen LogP contribution in [0.25, 0.3) is 10.9 Å². The summed E-state index contributed by atoms with van der Waals surface area (Å²) in [6.07, 6.45) is 8.75. The number of aromatic amines is 1. The van der Waals surface area contributed by atoms with Crippen LogP contribution in [-0.2, 0) is 11.3 Å². The highest BCUT2D eigenvalue weighted by Gasteiger charge is 2.35. The molecule has 38 heavy (non-hydrogen) atoms. The summed E-state index contributed by atoms with van der Waals surface area (Å²) in [5, 5.41) is 13.8. The number of hydrogen-bond acceptors (Lipinski definition) is 9. The molecular formula is C27H35N7O4. The fourth-order valence-corrected chi connectivity index (χ4v) is 6.64. The Morgan fingerprint density at radius 2 is 1.79 bits per heavy atom. The lowest BCUT2D eigenvalue weighted by molar-refractivity contribution is 0.0593. The second kappa shape index (κ2) is 10.3. The monoisotopic (exact) mass is 521 g/mol.